The van der Waals surface area contributed by atoms with Crippen LogP contribution in [0, 0.1) is 0 Å². The number of nitrogens with zero attached hydrogens (tertiary/aromatic N) is 3. The van der Waals surface area contributed by atoms with Crippen LogP contribution in [0.5, 0.6) is 11.5 Å². The van der Waals surface area contributed by atoms with Crippen LogP contribution < -0.4 is 20.5 Å². The zero-order valence-corrected chi connectivity index (χ0v) is 16.6. The maximum atomic E-state index is 12.5. The zero-order valence-electron chi connectivity index (χ0n) is 15.8. The number of nitrogens with one attached hydrogen (secondary N) is 1. The van der Waals surface area contributed by atoms with Crippen molar-refractivity contribution in [1.29, 1.82) is 0 Å². The second kappa shape index (κ2) is 8.96. The van der Waals surface area contributed by atoms with Gasteiger partial charge in [0.05, 0.1) is 5.25 Å². The molecule has 3 N–H and O–H groups in total. The van der Waals surface area contributed by atoms with Crippen LogP contribution >= 0.6 is 11.8 Å². The summed E-state index contributed by atoms with van der Waals surface area (Å²) in [7, 11) is 0. The van der Waals surface area contributed by atoms with Gasteiger partial charge in [0.2, 0.25) is 18.6 Å². The molecule has 1 aliphatic rings. The first-order chi connectivity index (χ1) is 13.5. The summed E-state index contributed by atoms with van der Waals surface area (Å²) in [6.45, 7) is 5.04. The Morgan fingerprint density at radius 1 is 1.32 bits per heavy atom. The number of ether oxygens (including phenoxy) is 2. The molecule has 1 aliphatic heterocycles. The molecule has 0 saturated heterocycles. The molecular formula is C18H23N5O4S. The number of nitrogens with two attached hydrogens (primary N) is 1. The van der Waals surface area contributed by atoms with Crippen LogP contribution in [-0.2, 0) is 29.1 Å². The van der Waals surface area contributed by atoms with Crippen LogP contribution in [0.2, 0.25) is 0 Å². The predicted octanol–water partition coefficient (Wildman–Crippen LogP) is 1.24. The lowest BCUT2D eigenvalue weighted by atomic mass is 10.2. The molecule has 0 aliphatic carbocycles. The third kappa shape index (κ3) is 4.75. The average molecular weight is 405 g/mol. The molecule has 0 bridgehead atoms. The molecule has 0 saturated carbocycles. The topological polar surface area (TPSA) is 121 Å². The number of fused-ring (bicyclic) bond motifs is 1. The second-order valence-electron chi connectivity index (χ2n) is 6.27. The molecule has 2 aromatic rings. The van der Waals surface area contributed by atoms with E-state index in [0.29, 0.717) is 42.0 Å². The zero-order chi connectivity index (χ0) is 20.1. The minimum atomic E-state index is -0.379. The van der Waals surface area contributed by atoms with E-state index in [2.05, 4.69) is 15.5 Å². The number of carbonyl (C=O) groups is 2. The number of rotatable bonds is 9. The Morgan fingerprint density at radius 2 is 2.11 bits per heavy atom. The fraction of sp³-hybridized carbons (Fsp3) is 0.444. The standard InChI is InChI=1S/C18H23N5O4S/c1-3-23-16(7-6-15(19)24)21-22-18(23)28-11(2)17(25)20-9-12-4-5-13-14(8-12)27-10-26-13/h4-5,8,11H,3,6-7,9-10H2,1-2H3,(H2,19,24)(H,20,25)/t11-/m1/s1. The number of primary amides is 1. The van der Waals surface area contributed by atoms with Gasteiger partial charge in [-0.1, -0.05) is 17.8 Å². The first kappa shape index (κ1) is 20.0. The Morgan fingerprint density at radius 3 is 2.86 bits per heavy atom. The van der Waals surface area contributed by atoms with Gasteiger partial charge in [-0.3, -0.25) is 9.59 Å². The highest BCUT2D eigenvalue weighted by Crippen LogP contribution is 2.32. The molecule has 2 heterocycles. The van der Waals surface area contributed by atoms with E-state index in [-0.39, 0.29) is 30.3 Å². The van der Waals surface area contributed by atoms with Gasteiger partial charge in [-0.2, -0.15) is 0 Å². The van der Waals surface area contributed by atoms with Crippen LogP contribution in [0.15, 0.2) is 23.4 Å². The van der Waals surface area contributed by atoms with Crippen molar-refractivity contribution in [3.05, 3.63) is 29.6 Å². The molecule has 10 heteroatoms. The highest BCUT2D eigenvalue weighted by atomic mass is 32.2. The van der Waals surface area contributed by atoms with Crippen LogP contribution in [0.3, 0.4) is 0 Å². The Kier molecular flexibility index (Phi) is 6.40. The summed E-state index contributed by atoms with van der Waals surface area (Å²) in [6.07, 6.45) is 0.649. The molecule has 9 nitrogen and oxygen atoms in total. The molecule has 28 heavy (non-hydrogen) atoms. The smallest absolute Gasteiger partial charge is 0.233 e. The molecule has 2 amide bonds. The average Bonchev–Trinajstić information content (AvgIpc) is 3.30. The van der Waals surface area contributed by atoms with E-state index in [9.17, 15) is 9.59 Å². The van der Waals surface area contributed by atoms with Gasteiger partial charge in [-0.15, -0.1) is 10.2 Å². The maximum absolute atomic E-state index is 12.5. The number of aromatic nitrogens is 3. The van der Waals surface area contributed by atoms with Gasteiger partial charge in [0.15, 0.2) is 16.7 Å². The van der Waals surface area contributed by atoms with Gasteiger partial charge in [0, 0.05) is 25.9 Å². The number of carbonyl (C=O) groups excluding carboxylic acids is 2. The maximum Gasteiger partial charge on any atom is 0.233 e. The van der Waals surface area contributed by atoms with Crippen molar-refractivity contribution >= 4 is 23.6 Å². The summed E-state index contributed by atoms with van der Waals surface area (Å²) in [5.41, 5.74) is 6.13. The number of hydrogen-bond donors (Lipinski definition) is 2. The van der Waals surface area contributed by atoms with E-state index in [1.165, 1.54) is 11.8 Å². The lowest BCUT2D eigenvalue weighted by Gasteiger charge is -2.13. The Balaban J connectivity index is 1.56. The van der Waals surface area contributed by atoms with Gasteiger partial charge in [0.1, 0.15) is 5.82 Å². The van der Waals surface area contributed by atoms with Crippen molar-refractivity contribution in [1.82, 2.24) is 20.1 Å². The number of amides is 2. The molecule has 150 valence electrons. The van der Waals surface area contributed by atoms with Crippen LogP contribution in [-0.4, -0.2) is 38.6 Å². The normalized spacial score (nSPS) is 13.4. The molecule has 0 radical (unpaired) electrons. The lowest BCUT2D eigenvalue weighted by Crippen LogP contribution is -2.30. The first-order valence-electron chi connectivity index (χ1n) is 9.01. The van der Waals surface area contributed by atoms with E-state index < -0.39 is 0 Å². The highest BCUT2D eigenvalue weighted by Gasteiger charge is 2.20. The Labute approximate surface area is 167 Å². The fourth-order valence-electron chi connectivity index (χ4n) is 2.74. The molecule has 0 fully saturated rings. The summed E-state index contributed by atoms with van der Waals surface area (Å²) in [5, 5.41) is 11.5. The number of hydrogen-bond acceptors (Lipinski definition) is 7. The number of aryl methyl sites for hydroxylation is 1. The molecule has 1 aromatic carbocycles. The SMILES string of the molecule is CCn1c(CCC(N)=O)nnc1S[C@H](C)C(=O)NCc1ccc2c(c1)OCO2. The van der Waals surface area contributed by atoms with E-state index in [0.717, 1.165) is 5.56 Å². The van der Waals surface area contributed by atoms with Gasteiger partial charge in [-0.05, 0) is 31.5 Å². The van der Waals surface area contributed by atoms with E-state index >= 15 is 0 Å². The van der Waals surface area contributed by atoms with Crippen molar-refractivity contribution in [2.45, 2.75) is 50.2 Å². The van der Waals surface area contributed by atoms with Crippen molar-refractivity contribution < 1.29 is 19.1 Å². The van der Waals surface area contributed by atoms with Crippen molar-refractivity contribution in [2.75, 3.05) is 6.79 Å². The summed E-state index contributed by atoms with van der Waals surface area (Å²) < 4.78 is 12.5. The Hall–Kier alpha value is -2.75. The molecule has 3 rings (SSSR count). The third-order valence-corrected chi connectivity index (χ3v) is 5.34. The van der Waals surface area contributed by atoms with Crippen molar-refractivity contribution in [2.24, 2.45) is 5.73 Å². The summed E-state index contributed by atoms with van der Waals surface area (Å²) in [5.74, 6) is 1.61. The molecular weight excluding hydrogens is 382 g/mol. The largest absolute Gasteiger partial charge is 0.454 e. The minimum Gasteiger partial charge on any atom is -0.454 e. The van der Waals surface area contributed by atoms with Crippen LogP contribution in [0.4, 0.5) is 0 Å². The molecule has 1 aromatic heterocycles. The molecule has 0 spiro atoms. The quantitative estimate of drug-likeness (QED) is 0.602. The molecule has 0 unspecified atom stereocenters. The minimum absolute atomic E-state index is 0.105. The summed E-state index contributed by atoms with van der Waals surface area (Å²) in [6, 6.07) is 5.59. The molecule has 1 atom stereocenters. The third-order valence-electron chi connectivity index (χ3n) is 4.26. The van der Waals surface area contributed by atoms with Gasteiger partial charge >= 0.3 is 0 Å². The summed E-state index contributed by atoms with van der Waals surface area (Å²) in [4.78, 5) is 23.5. The van der Waals surface area contributed by atoms with E-state index in [1.54, 1.807) is 0 Å². The second-order valence-corrected chi connectivity index (χ2v) is 7.58. The van der Waals surface area contributed by atoms with Crippen molar-refractivity contribution in [3.63, 3.8) is 0 Å². The monoisotopic (exact) mass is 405 g/mol. The van der Waals surface area contributed by atoms with E-state index in [4.69, 9.17) is 15.2 Å². The Bertz CT molecular complexity index is 870. The van der Waals surface area contributed by atoms with E-state index in [1.807, 2.05) is 36.6 Å². The van der Waals surface area contributed by atoms with Crippen LogP contribution in [0.1, 0.15) is 31.7 Å². The fourth-order valence-corrected chi connectivity index (χ4v) is 3.70. The van der Waals surface area contributed by atoms with Gasteiger partial charge in [0.25, 0.3) is 0 Å². The number of thioether (sulfide) groups is 1. The van der Waals surface area contributed by atoms with Gasteiger partial charge in [-0.25, -0.2) is 0 Å². The lowest BCUT2D eigenvalue weighted by molar-refractivity contribution is -0.120. The summed E-state index contributed by atoms with van der Waals surface area (Å²) >= 11 is 1.33. The van der Waals surface area contributed by atoms with Crippen LogP contribution in [0.25, 0.3) is 0 Å². The van der Waals surface area contributed by atoms with Crippen molar-refractivity contribution in [3.8, 4) is 11.5 Å². The number of benzene rings is 1. The first-order valence-corrected chi connectivity index (χ1v) is 9.89. The predicted molar refractivity (Wildman–Crippen MR) is 103 cm³/mol. The highest BCUT2D eigenvalue weighted by molar-refractivity contribution is 8.00. The van der Waals surface area contributed by atoms with Gasteiger partial charge < -0.3 is 25.1 Å².